The van der Waals surface area contributed by atoms with Crippen LogP contribution in [0.5, 0.6) is 11.6 Å². The van der Waals surface area contributed by atoms with Crippen molar-refractivity contribution >= 4 is 11.6 Å². The number of rotatable bonds is 2. The highest BCUT2D eigenvalue weighted by atomic mass is 35.5. The van der Waals surface area contributed by atoms with Crippen molar-refractivity contribution in [3.8, 4) is 17.7 Å². The molecule has 1 aromatic carbocycles. The third kappa shape index (κ3) is 2.41. The van der Waals surface area contributed by atoms with Crippen molar-refractivity contribution in [2.75, 3.05) is 0 Å². The monoisotopic (exact) mass is 259 g/mol. The van der Waals surface area contributed by atoms with Gasteiger partial charge < -0.3 is 4.74 Å². The fourth-order valence-electron chi connectivity index (χ4n) is 1.63. The van der Waals surface area contributed by atoms with Crippen LogP contribution in [0.1, 0.15) is 16.7 Å². The van der Waals surface area contributed by atoms with Crippen LogP contribution in [-0.4, -0.2) is 10.2 Å². The Balaban J connectivity index is 2.44. The number of nitriles is 1. The zero-order valence-corrected chi connectivity index (χ0v) is 10.7. The summed E-state index contributed by atoms with van der Waals surface area (Å²) < 4.78 is 5.66. The van der Waals surface area contributed by atoms with Crippen LogP contribution in [0.2, 0.25) is 5.02 Å². The standard InChI is InChI=1S/C13H10ClN3O/c1-8-5-11(14)6-9(2)12(8)18-13-10(7-15)3-4-16-17-13/h3-6H,1-2H3. The van der Waals surface area contributed by atoms with Gasteiger partial charge in [0.25, 0.3) is 5.88 Å². The molecule has 0 saturated heterocycles. The average molecular weight is 260 g/mol. The van der Waals surface area contributed by atoms with Crippen LogP contribution >= 0.6 is 11.6 Å². The first-order valence-corrected chi connectivity index (χ1v) is 5.66. The second-order valence-electron chi connectivity index (χ2n) is 3.83. The lowest BCUT2D eigenvalue weighted by Crippen LogP contribution is -1.97. The molecule has 1 heterocycles. The van der Waals surface area contributed by atoms with E-state index in [9.17, 15) is 0 Å². The molecule has 0 aliphatic rings. The number of halogens is 1. The van der Waals surface area contributed by atoms with Crippen molar-refractivity contribution in [3.63, 3.8) is 0 Å². The van der Waals surface area contributed by atoms with Crippen LogP contribution in [0.4, 0.5) is 0 Å². The highest BCUT2D eigenvalue weighted by Crippen LogP contribution is 2.31. The van der Waals surface area contributed by atoms with Crippen LogP contribution in [0.3, 0.4) is 0 Å². The summed E-state index contributed by atoms with van der Waals surface area (Å²) in [5.41, 5.74) is 2.11. The van der Waals surface area contributed by atoms with Gasteiger partial charge in [0.1, 0.15) is 17.4 Å². The lowest BCUT2D eigenvalue weighted by molar-refractivity contribution is 0.447. The molecule has 2 rings (SSSR count). The molecule has 2 aromatic rings. The summed E-state index contributed by atoms with van der Waals surface area (Å²) in [5.74, 6) is 0.852. The van der Waals surface area contributed by atoms with E-state index in [2.05, 4.69) is 10.2 Å². The van der Waals surface area contributed by atoms with E-state index in [1.54, 1.807) is 18.2 Å². The molecule has 1 aromatic heterocycles. The highest BCUT2D eigenvalue weighted by molar-refractivity contribution is 6.30. The van der Waals surface area contributed by atoms with E-state index in [1.165, 1.54) is 6.20 Å². The Morgan fingerprint density at radius 3 is 2.56 bits per heavy atom. The van der Waals surface area contributed by atoms with Crippen LogP contribution in [0, 0.1) is 25.2 Å². The van der Waals surface area contributed by atoms with Crippen molar-refractivity contribution in [3.05, 3.63) is 46.1 Å². The highest BCUT2D eigenvalue weighted by Gasteiger charge is 2.11. The van der Waals surface area contributed by atoms with Crippen LogP contribution in [-0.2, 0) is 0 Å². The second-order valence-corrected chi connectivity index (χ2v) is 4.27. The number of hydrogen-bond acceptors (Lipinski definition) is 4. The molecular formula is C13H10ClN3O. The summed E-state index contributed by atoms with van der Waals surface area (Å²) in [4.78, 5) is 0. The van der Waals surface area contributed by atoms with Gasteiger partial charge in [-0.05, 0) is 43.2 Å². The lowest BCUT2D eigenvalue weighted by Gasteiger charge is -2.11. The van der Waals surface area contributed by atoms with Gasteiger partial charge in [-0.3, -0.25) is 0 Å². The fraction of sp³-hybridized carbons (Fsp3) is 0.154. The van der Waals surface area contributed by atoms with Gasteiger partial charge in [0, 0.05) is 5.02 Å². The average Bonchev–Trinajstić information content (AvgIpc) is 2.34. The van der Waals surface area contributed by atoms with Gasteiger partial charge in [-0.2, -0.15) is 10.4 Å². The Morgan fingerprint density at radius 1 is 1.28 bits per heavy atom. The van der Waals surface area contributed by atoms with Crippen molar-refractivity contribution in [1.82, 2.24) is 10.2 Å². The van der Waals surface area contributed by atoms with Crippen molar-refractivity contribution < 1.29 is 4.74 Å². The molecule has 0 atom stereocenters. The Hall–Kier alpha value is -2.12. The van der Waals surface area contributed by atoms with Gasteiger partial charge in [-0.15, -0.1) is 5.10 Å². The Morgan fingerprint density at radius 2 is 1.94 bits per heavy atom. The third-order valence-corrected chi connectivity index (χ3v) is 2.65. The van der Waals surface area contributed by atoms with Gasteiger partial charge in [0.05, 0.1) is 6.20 Å². The molecule has 5 heteroatoms. The first kappa shape index (κ1) is 12.3. The molecule has 0 aliphatic heterocycles. The van der Waals surface area contributed by atoms with Crippen molar-refractivity contribution in [2.24, 2.45) is 0 Å². The second kappa shape index (κ2) is 5.03. The Labute approximate surface area is 110 Å². The van der Waals surface area contributed by atoms with E-state index in [1.807, 2.05) is 19.9 Å². The number of hydrogen-bond donors (Lipinski definition) is 0. The summed E-state index contributed by atoms with van der Waals surface area (Å²) in [7, 11) is 0. The Kier molecular flexibility index (Phi) is 3.45. The molecule has 0 saturated carbocycles. The predicted molar refractivity (Wildman–Crippen MR) is 67.7 cm³/mol. The number of nitrogens with zero attached hydrogens (tertiary/aromatic N) is 3. The summed E-state index contributed by atoms with van der Waals surface area (Å²) in [5, 5.41) is 17.1. The summed E-state index contributed by atoms with van der Waals surface area (Å²) >= 11 is 5.95. The number of ether oxygens (including phenoxy) is 1. The molecule has 0 N–H and O–H groups in total. The van der Waals surface area contributed by atoms with Crippen LogP contribution in [0.25, 0.3) is 0 Å². The zero-order valence-electron chi connectivity index (χ0n) is 9.94. The quantitative estimate of drug-likeness (QED) is 0.829. The van der Waals surface area contributed by atoms with Gasteiger partial charge in [0.15, 0.2) is 0 Å². The third-order valence-electron chi connectivity index (χ3n) is 2.43. The lowest BCUT2D eigenvalue weighted by atomic mass is 10.1. The van der Waals surface area contributed by atoms with Crippen molar-refractivity contribution in [2.45, 2.75) is 13.8 Å². The summed E-state index contributed by atoms with van der Waals surface area (Å²) in [6.07, 6.45) is 1.45. The van der Waals surface area contributed by atoms with E-state index >= 15 is 0 Å². The predicted octanol–water partition coefficient (Wildman–Crippen LogP) is 3.41. The van der Waals surface area contributed by atoms with Crippen LogP contribution in [0.15, 0.2) is 24.4 Å². The number of aromatic nitrogens is 2. The summed E-state index contributed by atoms with van der Waals surface area (Å²) in [6, 6.07) is 7.17. The number of aryl methyl sites for hydroxylation is 2. The molecule has 0 radical (unpaired) electrons. The van der Waals surface area contributed by atoms with Crippen molar-refractivity contribution in [1.29, 1.82) is 5.26 Å². The molecule has 0 aliphatic carbocycles. The normalized spacial score (nSPS) is 9.89. The maximum absolute atomic E-state index is 8.96. The molecule has 0 amide bonds. The topological polar surface area (TPSA) is 58.8 Å². The molecular weight excluding hydrogens is 250 g/mol. The number of benzene rings is 1. The largest absolute Gasteiger partial charge is 0.436 e. The minimum atomic E-state index is 0.202. The molecule has 18 heavy (non-hydrogen) atoms. The van der Waals surface area contributed by atoms with Gasteiger partial charge in [-0.1, -0.05) is 11.6 Å². The van der Waals surface area contributed by atoms with E-state index in [4.69, 9.17) is 21.6 Å². The molecule has 0 spiro atoms. The van der Waals surface area contributed by atoms with E-state index in [0.29, 0.717) is 16.3 Å². The fourth-order valence-corrected chi connectivity index (χ4v) is 1.96. The maximum Gasteiger partial charge on any atom is 0.256 e. The first-order valence-electron chi connectivity index (χ1n) is 5.28. The van der Waals surface area contributed by atoms with E-state index < -0.39 is 0 Å². The van der Waals surface area contributed by atoms with E-state index in [0.717, 1.165) is 11.1 Å². The Bertz CT molecular complexity index is 611. The molecule has 90 valence electrons. The zero-order chi connectivity index (χ0) is 13.1. The van der Waals surface area contributed by atoms with Gasteiger partial charge >= 0.3 is 0 Å². The SMILES string of the molecule is Cc1cc(Cl)cc(C)c1Oc1nnccc1C#N. The molecule has 0 fully saturated rings. The van der Waals surface area contributed by atoms with Gasteiger partial charge in [0.2, 0.25) is 0 Å². The molecule has 4 nitrogen and oxygen atoms in total. The van der Waals surface area contributed by atoms with Crippen LogP contribution < -0.4 is 4.74 Å². The molecule has 0 bridgehead atoms. The summed E-state index contributed by atoms with van der Waals surface area (Å²) in [6.45, 7) is 3.77. The van der Waals surface area contributed by atoms with E-state index in [-0.39, 0.29) is 5.88 Å². The minimum Gasteiger partial charge on any atom is -0.436 e. The van der Waals surface area contributed by atoms with Gasteiger partial charge in [-0.25, -0.2) is 0 Å². The maximum atomic E-state index is 8.96. The first-order chi connectivity index (χ1) is 8.61. The molecule has 0 unspecified atom stereocenters. The smallest absolute Gasteiger partial charge is 0.256 e. The minimum absolute atomic E-state index is 0.202.